The summed E-state index contributed by atoms with van der Waals surface area (Å²) in [5.74, 6) is -1.21. The number of hydrogen-bond acceptors (Lipinski definition) is 6. The maximum absolute atomic E-state index is 13.4. The van der Waals surface area contributed by atoms with Crippen LogP contribution in [0.1, 0.15) is 83.3 Å². The van der Waals surface area contributed by atoms with Gasteiger partial charge in [0.05, 0.1) is 11.6 Å². The number of para-hydroxylation sites is 1. The van der Waals surface area contributed by atoms with Crippen LogP contribution in [-0.2, 0) is 30.8 Å². The van der Waals surface area contributed by atoms with E-state index in [-0.39, 0.29) is 17.6 Å². The molecule has 2 saturated carbocycles. The molecule has 208 valence electrons. The van der Waals surface area contributed by atoms with Gasteiger partial charge in [0.2, 0.25) is 5.91 Å². The van der Waals surface area contributed by atoms with Gasteiger partial charge in [0.1, 0.15) is 11.2 Å². The maximum Gasteiger partial charge on any atom is 0.228 e. The molecular weight excluding hydrogens is 494 g/mol. The molecule has 1 spiro atoms. The van der Waals surface area contributed by atoms with Crippen LogP contribution in [0.4, 0.5) is 0 Å². The van der Waals surface area contributed by atoms with Gasteiger partial charge in [0, 0.05) is 47.4 Å². The molecule has 1 aromatic heterocycles. The summed E-state index contributed by atoms with van der Waals surface area (Å²) in [5, 5.41) is 14.4. The lowest BCUT2D eigenvalue weighted by Gasteiger charge is -2.67. The van der Waals surface area contributed by atoms with Gasteiger partial charge >= 0.3 is 0 Å². The van der Waals surface area contributed by atoms with Crippen LogP contribution in [-0.4, -0.2) is 57.2 Å². The van der Waals surface area contributed by atoms with E-state index in [1.807, 2.05) is 36.6 Å². The average molecular weight is 534 g/mol. The molecule has 0 unspecified atom stereocenters. The Hall–Kier alpha value is -2.32. The number of rotatable bonds is 3. The van der Waals surface area contributed by atoms with Crippen molar-refractivity contribution in [3.05, 3.63) is 47.2 Å². The van der Waals surface area contributed by atoms with Crippen molar-refractivity contribution < 1.29 is 28.9 Å². The first-order valence-electron chi connectivity index (χ1n) is 14.5. The Morgan fingerprint density at radius 1 is 1.18 bits per heavy atom. The first-order valence-corrected chi connectivity index (χ1v) is 14.5. The number of ketones is 1. The number of aliphatic hydroxyl groups is 1. The Bertz CT molecular complexity index is 1470. The van der Waals surface area contributed by atoms with E-state index in [4.69, 9.17) is 14.2 Å². The largest absolute Gasteiger partial charge is 0.382 e. The molecule has 7 rings (SSSR count). The van der Waals surface area contributed by atoms with E-state index in [9.17, 15) is 14.7 Å². The van der Waals surface area contributed by atoms with Crippen molar-refractivity contribution in [3.63, 3.8) is 0 Å². The van der Waals surface area contributed by atoms with Gasteiger partial charge in [-0.3, -0.25) is 14.2 Å². The maximum atomic E-state index is 13.4. The van der Waals surface area contributed by atoms with Crippen molar-refractivity contribution in [2.45, 2.75) is 108 Å². The summed E-state index contributed by atoms with van der Waals surface area (Å²) >= 11 is 0. The van der Waals surface area contributed by atoms with Crippen LogP contribution in [0.15, 0.2) is 35.9 Å². The number of carbonyl (C=O) groups is 2. The highest BCUT2D eigenvalue weighted by molar-refractivity contribution is 5.98. The predicted octanol–water partition coefficient (Wildman–Crippen LogP) is 4.86. The zero-order chi connectivity index (χ0) is 27.8. The second-order valence-corrected chi connectivity index (χ2v) is 13.4. The third-order valence-corrected chi connectivity index (χ3v) is 11.2. The molecule has 0 amide bonds. The highest BCUT2D eigenvalue weighted by Crippen LogP contribution is 2.72. The molecule has 7 atom stereocenters. The molecule has 1 aromatic carbocycles. The van der Waals surface area contributed by atoms with Crippen LogP contribution in [0.2, 0.25) is 0 Å². The smallest absolute Gasteiger partial charge is 0.228 e. The number of nitrogens with zero attached hydrogens (tertiary/aromatic N) is 1. The first-order chi connectivity index (χ1) is 18.4. The molecule has 7 heteroatoms. The Morgan fingerprint density at radius 3 is 2.64 bits per heavy atom. The van der Waals surface area contributed by atoms with Gasteiger partial charge in [-0.25, -0.2) is 0 Å². The van der Waals surface area contributed by atoms with Gasteiger partial charge in [-0.1, -0.05) is 39.0 Å². The minimum absolute atomic E-state index is 0.0304. The van der Waals surface area contributed by atoms with Crippen LogP contribution < -0.4 is 0 Å². The van der Waals surface area contributed by atoms with Crippen LogP contribution in [0.5, 0.6) is 0 Å². The van der Waals surface area contributed by atoms with Crippen molar-refractivity contribution in [2.75, 3.05) is 6.61 Å². The number of hydrogen-bond donors (Lipinski definition) is 1. The number of fused-ring (bicyclic) bond motifs is 9. The summed E-state index contributed by atoms with van der Waals surface area (Å²) in [7, 11) is 0. The lowest BCUT2D eigenvalue weighted by atomic mass is 9.41. The van der Waals surface area contributed by atoms with Crippen LogP contribution in [0, 0.1) is 11.3 Å². The van der Waals surface area contributed by atoms with E-state index in [0.717, 1.165) is 29.4 Å². The van der Waals surface area contributed by atoms with E-state index >= 15 is 0 Å². The number of aromatic nitrogens is 1. The SMILES string of the molecule is CCCO[C@H]1C[C@H]2Cc3c(n(C(C)=O)c4ccccc34)[C@]2(C)[C@@]2(C)CC[C@@]34O[C@@H](C(=O)C=C3[C@]12O)C(C)(C)O4. The van der Waals surface area contributed by atoms with Crippen LogP contribution in [0.3, 0.4) is 0 Å². The molecule has 3 heterocycles. The summed E-state index contributed by atoms with van der Waals surface area (Å²) in [4.78, 5) is 26.7. The predicted molar refractivity (Wildman–Crippen MR) is 146 cm³/mol. The first kappa shape index (κ1) is 25.6. The van der Waals surface area contributed by atoms with Gasteiger partial charge < -0.3 is 19.3 Å². The molecule has 3 fully saturated rings. The highest BCUT2D eigenvalue weighted by Gasteiger charge is 2.78. The molecular formula is C32H39NO6. The Morgan fingerprint density at radius 2 is 1.92 bits per heavy atom. The third kappa shape index (κ3) is 2.78. The monoisotopic (exact) mass is 533 g/mol. The fraction of sp³-hybridized carbons (Fsp3) is 0.625. The third-order valence-electron chi connectivity index (χ3n) is 11.2. The standard InChI is InChI=1S/C32H39NO6/c1-7-14-37-25-16-19-15-21-20-10-8-9-11-22(20)33(18(2)34)26(21)30(19,6)29(5)12-13-31-24(32(25,29)36)17-23(35)27(38-31)28(3,4)39-31/h8-11,17,19,25,27,36H,7,12-16H2,1-6H3/t19-,25+,27+,29-,30-,31+,32+/m1/s1. The Balaban J connectivity index is 1.49. The Labute approximate surface area is 229 Å². The van der Waals surface area contributed by atoms with Gasteiger partial charge in [-0.2, -0.15) is 0 Å². The number of ether oxygens (including phenoxy) is 3. The van der Waals surface area contributed by atoms with Crippen molar-refractivity contribution in [2.24, 2.45) is 11.3 Å². The average Bonchev–Trinajstić information content (AvgIpc) is 3.45. The summed E-state index contributed by atoms with van der Waals surface area (Å²) in [5.41, 5.74) is -0.0678. The molecule has 1 N–H and O–H groups in total. The zero-order valence-electron chi connectivity index (χ0n) is 23.8. The summed E-state index contributed by atoms with van der Waals surface area (Å²) in [6, 6.07) is 8.12. The molecule has 0 radical (unpaired) electrons. The molecule has 3 aliphatic carbocycles. The normalized spacial score (nSPS) is 41.6. The zero-order valence-corrected chi connectivity index (χ0v) is 23.8. The van der Waals surface area contributed by atoms with E-state index < -0.39 is 40.0 Å². The quantitative estimate of drug-likeness (QED) is 0.606. The van der Waals surface area contributed by atoms with E-state index in [0.29, 0.717) is 31.4 Å². The number of benzene rings is 1. The van der Waals surface area contributed by atoms with Crippen LogP contribution in [0.25, 0.3) is 10.9 Å². The fourth-order valence-electron chi connectivity index (χ4n) is 9.35. The second kappa shape index (κ2) is 7.69. The van der Waals surface area contributed by atoms with Crippen molar-refractivity contribution in [1.82, 2.24) is 4.57 Å². The summed E-state index contributed by atoms with van der Waals surface area (Å²) in [6.07, 6.45) is 3.73. The van der Waals surface area contributed by atoms with Gasteiger partial charge in [-0.05, 0) is 63.2 Å². The fourth-order valence-corrected chi connectivity index (χ4v) is 9.35. The van der Waals surface area contributed by atoms with Crippen molar-refractivity contribution >= 4 is 22.6 Å². The molecule has 2 aromatic rings. The highest BCUT2D eigenvalue weighted by atomic mass is 16.8. The Kier molecular flexibility index (Phi) is 5.06. The molecule has 2 aliphatic heterocycles. The topological polar surface area (TPSA) is 87.0 Å². The van der Waals surface area contributed by atoms with Crippen molar-refractivity contribution in [3.8, 4) is 0 Å². The van der Waals surface area contributed by atoms with Crippen LogP contribution >= 0.6 is 0 Å². The summed E-state index contributed by atoms with van der Waals surface area (Å²) in [6.45, 7) is 12.3. The lowest BCUT2D eigenvalue weighted by Crippen LogP contribution is -2.75. The molecule has 2 bridgehead atoms. The van der Waals surface area contributed by atoms with E-state index in [1.165, 1.54) is 5.56 Å². The molecule has 1 saturated heterocycles. The van der Waals surface area contributed by atoms with Gasteiger partial charge in [0.15, 0.2) is 17.7 Å². The molecule has 5 aliphatic rings. The minimum Gasteiger partial charge on any atom is -0.382 e. The minimum atomic E-state index is -1.54. The second-order valence-electron chi connectivity index (χ2n) is 13.4. The molecule has 39 heavy (non-hydrogen) atoms. The summed E-state index contributed by atoms with van der Waals surface area (Å²) < 4.78 is 21.4. The lowest BCUT2D eigenvalue weighted by molar-refractivity contribution is -0.280. The van der Waals surface area contributed by atoms with Gasteiger partial charge in [0.25, 0.3) is 0 Å². The number of carbonyl (C=O) groups excluding carboxylic acids is 2. The van der Waals surface area contributed by atoms with Gasteiger partial charge in [-0.15, -0.1) is 0 Å². The molecule has 7 nitrogen and oxygen atoms in total. The van der Waals surface area contributed by atoms with E-state index in [1.54, 1.807) is 13.0 Å². The van der Waals surface area contributed by atoms with Crippen molar-refractivity contribution in [1.29, 1.82) is 0 Å². The van der Waals surface area contributed by atoms with E-state index in [2.05, 4.69) is 26.8 Å².